The van der Waals surface area contributed by atoms with E-state index < -0.39 is 0 Å². The number of amides is 1. The number of hydrogen-bond acceptors (Lipinski definition) is 3. The van der Waals surface area contributed by atoms with E-state index in [0.29, 0.717) is 36.8 Å². The first-order chi connectivity index (χ1) is 9.08. The molecule has 1 amide bonds. The normalized spacial score (nSPS) is 29.2. The zero-order valence-electron chi connectivity index (χ0n) is 12.6. The molecule has 110 valence electrons. The Kier molecular flexibility index (Phi) is 5.22. The number of hydrogen-bond donors (Lipinski definition) is 0. The lowest BCUT2D eigenvalue weighted by Crippen LogP contribution is -2.52. The van der Waals surface area contributed by atoms with Crippen molar-refractivity contribution in [2.24, 2.45) is 11.8 Å². The molecule has 2 fully saturated rings. The van der Waals surface area contributed by atoms with E-state index >= 15 is 0 Å². The van der Waals surface area contributed by atoms with Gasteiger partial charge >= 0.3 is 0 Å². The van der Waals surface area contributed by atoms with E-state index in [1.807, 2.05) is 0 Å². The maximum atomic E-state index is 12.4. The smallest absolute Gasteiger partial charge is 0.222 e. The minimum atomic E-state index is 0.332. The van der Waals surface area contributed by atoms with Gasteiger partial charge in [0.05, 0.1) is 13.2 Å². The maximum Gasteiger partial charge on any atom is 0.222 e. The van der Waals surface area contributed by atoms with Gasteiger partial charge in [0, 0.05) is 31.5 Å². The van der Waals surface area contributed by atoms with Gasteiger partial charge in [-0.15, -0.1) is 0 Å². The van der Waals surface area contributed by atoms with E-state index in [0.717, 1.165) is 39.1 Å². The summed E-state index contributed by atoms with van der Waals surface area (Å²) in [4.78, 5) is 16.9. The van der Waals surface area contributed by atoms with Gasteiger partial charge in [0.2, 0.25) is 5.91 Å². The summed E-state index contributed by atoms with van der Waals surface area (Å²) >= 11 is 0. The summed E-state index contributed by atoms with van der Waals surface area (Å²) in [5, 5.41) is 0. The quantitative estimate of drug-likeness (QED) is 0.779. The van der Waals surface area contributed by atoms with Crippen LogP contribution in [0.15, 0.2) is 0 Å². The third-order valence-electron chi connectivity index (χ3n) is 4.36. The third-order valence-corrected chi connectivity index (χ3v) is 4.36. The first-order valence-corrected chi connectivity index (χ1v) is 7.63. The molecule has 0 aromatic carbocycles. The maximum absolute atomic E-state index is 12.4. The monoisotopic (exact) mass is 268 g/mol. The van der Waals surface area contributed by atoms with Gasteiger partial charge in [0.15, 0.2) is 0 Å². The van der Waals surface area contributed by atoms with Gasteiger partial charge in [0.1, 0.15) is 0 Å². The van der Waals surface area contributed by atoms with Crippen molar-refractivity contribution >= 4 is 5.91 Å². The topological polar surface area (TPSA) is 32.8 Å². The van der Waals surface area contributed by atoms with Crippen LogP contribution in [0.5, 0.6) is 0 Å². The molecule has 0 radical (unpaired) electrons. The van der Waals surface area contributed by atoms with Crippen molar-refractivity contribution in [3.63, 3.8) is 0 Å². The lowest BCUT2D eigenvalue weighted by molar-refractivity contribution is -0.135. The van der Waals surface area contributed by atoms with Crippen LogP contribution in [-0.2, 0) is 9.53 Å². The fourth-order valence-electron chi connectivity index (χ4n) is 3.20. The highest BCUT2D eigenvalue weighted by atomic mass is 16.5. The van der Waals surface area contributed by atoms with Crippen molar-refractivity contribution in [1.82, 2.24) is 9.80 Å². The predicted octanol–water partition coefficient (Wildman–Crippen LogP) is 1.60. The highest BCUT2D eigenvalue weighted by Crippen LogP contribution is 2.25. The Balaban J connectivity index is 1.99. The Morgan fingerprint density at radius 2 is 2.16 bits per heavy atom. The van der Waals surface area contributed by atoms with Gasteiger partial charge in [-0.2, -0.15) is 0 Å². The average Bonchev–Trinajstić information content (AvgIpc) is 2.57. The standard InChI is InChI=1S/C15H28N2O2/c1-12(2)4-5-15(18)17-8-9-19-11-13-10-16(3)7-6-14(13)17/h12-14H,4-11H2,1-3H3. The lowest BCUT2D eigenvalue weighted by atomic mass is 9.91. The zero-order chi connectivity index (χ0) is 13.8. The summed E-state index contributed by atoms with van der Waals surface area (Å²) in [6.07, 6.45) is 2.78. The van der Waals surface area contributed by atoms with E-state index in [9.17, 15) is 4.79 Å². The van der Waals surface area contributed by atoms with Gasteiger partial charge in [-0.05, 0) is 32.4 Å². The van der Waals surface area contributed by atoms with Crippen LogP contribution in [0, 0.1) is 11.8 Å². The SMILES string of the molecule is CC(C)CCC(=O)N1CCOCC2CN(C)CCC21. The van der Waals surface area contributed by atoms with Crippen molar-refractivity contribution in [3.8, 4) is 0 Å². The van der Waals surface area contributed by atoms with Crippen LogP contribution in [0.1, 0.15) is 33.1 Å². The molecule has 4 nitrogen and oxygen atoms in total. The Hall–Kier alpha value is -0.610. The fraction of sp³-hybridized carbons (Fsp3) is 0.933. The van der Waals surface area contributed by atoms with Crippen LogP contribution < -0.4 is 0 Å². The van der Waals surface area contributed by atoms with E-state index in [-0.39, 0.29) is 0 Å². The summed E-state index contributed by atoms with van der Waals surface area (Å²) in [6.45, 7) is 8.79. The molecule has 2 rings (SSSR count). The summed E-state index contributed by atoms with van der Waals surface area (Å²) in [5.41, 5.74) is 0. The van der Waals surface area contributed by atoms with Crippen LogP contribution in [-0.4, -0.2) is 61.6 Å². The number of piperidine rings is 1. The number of nitrogens with zero attached hydrogens (tertiary/aromatic N) is 2. The number of rotatable bonds is 3. The third kappa shape index (κ3) is 3.93. The van der Waals surface area contributed by atoms with Crippen LogP contribution in [0.25, 0.3) is 0 Å². The van der Waals surface area contributed by atoms with Crippen molar-refractivity contribution in [2.45, 2.75) is 39.2 Å². The minimum absolute atomic E-state index is 0.332. The number of ether oxygens (including phenoxy) is 1. The van der Waals surface area contributed by atoms with Gasteiger partial charge in [-0.3, -0.25) is 4.79 Å². The van der Waals surface area contributed by atoms with Gasteiger partial charge in [-0.1, -0.05) is 13.8 Å². The number of likely N-dealkylation sites (tertiary alicyclic amines) is 1. The highest BCUT2D eigenvalue weighted by Gasteiger charge is 2.36. The van der Waals surface area contributed by atoms with E-state index in [4.69, 9.17) is 4.74 Å². The number of carbonyl (C=O) groups excluding carboxylic acids is 1. The molecular formula is C15H28N2O2. The minimum Gasteiger partial charge on any atom is -0.379 e. The molecule has 0 N–H and O–H groups in total. The largest absolute Gasteiger partial charge is 0.379 e. The van der Waals surface area contributed by atoms with Crippen LogP contribution in [0.4, 0.5) is 0 Å². The number of fused-ring (bicyclic) bond motifs is 1. The second-order valence-corrected chi connectivity index (χ2v) is 6.47. The summed E-state index contributed by atoms with van der Waals surface area (Å²) in [7, 11) is 2.16. The van der Waals surface area contributed by atoms with Gasteiger partial charge < -0.3 is 14.5 Å². The Bertz CT molecular complexity index is 307. The number of carbonyl (C=O) groups is 1. The Morgan fingerprint density at radius 1 is 1.37 bits per heavy atom. The molecule has 0 spiro atoms. The van der Waals surface area contributed by atoms with Crippen molar-refractivity contribution in [3.05, 3.63) is 0 Å². The molecule has 2 aliphatic heterocycles. The predicted molar refractivity (Wildman–Crippen MR) is 76.0 cm³/mol. The summed E-state index contributed by atoms with van der Waals surface area (Å²) in [6, 6.07) is 0.401. The van der Waals surface area contributed by atoms with Crippen molar-refractivity contribution in [2.75, 3.05) is 39.9 Å². The fourth-order valence-corrected chi connectivity index (χ4v) is 3.20. The Labute approximate surface area is 117 Å². The van der Waals surface area contributed by atoms with Crippen LogP contribution >= 0.6 is 0 Å². The van der Waals surface area contributed by atoms with Crippen LogP contribution in [0.2, 0.25) is 0 Å². The molecule has 0 aromatic heterocycles. The molecule has 0 bridgehead atoms. The van der Waals surface area contributed by atoms with E-state index in [2.05, 4.69) is 30.7 Å². The molecule has 4 heteroatoms. The summed E-state index contributed by atoms with van der Waals surface area (Å²) < 4.78 is 5.70. The lowest BCUT2D eigenvalue weighted by Gasteiger charge is -2.41. The average molecular weight is 268 g/mol. The van der Waals surface area contributed by atoms with Crippen LogP contribution in [0.3, 0.4) is 0 Å². The highest BCUT2D eigenvalue weighted by molar-refractivity contribution is 5.76. The van der Waals surface area contributed by atoms with E-state index in [1.54, 1.807) is 0 Å². The molecule has 2 saturated heterocycles. The van der Waals surface area contributed by atoms with Crippen molar-refractivity contribution in [1.29, 1.82) is 0 Å². The zero-order valence-corrected chi connectivity index (χ0v) is 12.6. The summed E-state index contributed by atoms with van der Waals surface area (Å²) in [5.74, 6) is 1.42. The molecule has 2 atom stereocenters. The Morgan fingerprint density at radius 3 is 2.89 bits per heavy atom. The first kappa shape index (κ1) is 14.8. The molecule has 2 unspecified atom stereocenters. The molecular weight excluding hydrogens is 240 g/mol. The molecule has 0 aliphatic carbocycles. The first-order valence-electron chi connectivity index (χ1n) is 7.63. The molecule has 2 heterocycles. The molecule has 0 aromatic rings. The molecule has 2 aliphatic rings. The van der Waals surface area contributed by atoms with E-state index in [1.165, 1.54) is 0 Å². The second kappa shape index (κ2) is 6.71. The second-order valence-electron chi connectivity index (χ2n) is 6.47. The van der Waals surface area contributed by atoms with Gasteiger partial charge in [0.25, 0.3) is 0 Å². The molecule has 0 saturated carbocycles. The van der Waals surface area contributed by atoms with Crippen molar-refractivity contribution < 1.29 is 9.53 Å². The van der Waals surface area contributed by atoms with Gasteiger partial charge in [-0.25, -0.2) is 0 Å². The molecule has 19 heavy (non-hydrogen) atoms.